The van der Waals surface area contributed by atoms with Crippen LogP contribution in [0, 0.1) is 0 Å². The van der Waals surface area contributed by atoms with Gasteiger partial charge in [0.25, 0.3) is 5.91 Å². The molecule has 0 N–H and O–H groups in total. The van der Waals surface area contributed by atoms with Gasteiger partial charge in [-0.25, -0.2) is 4.98 Å². The number of fused-ring (bicyclic) bond motifs is 2. The Hall–Kier alpha value is -4.00. The van der Waals surface area contributed by atoms with Crippen LogP contribution in [0.25, 0.3) is 22.4 Å². The quantitative estimate of drug-likeness (QED) is 0.452. The number of para-hydroxylation sites is 2. The maximum Gasteiger partial charge on any atom is 0.254 e. The van der Waals surface area contributed by atoms with E-state index in [4.69, 9.17) is 0 Å². The second kappa shape index (κ2) is 7.05. The van der Waals surface area contributed by atoms with Crippen molar-refractivity contribution in [2.45, 2.75) is 18.9 Å². The molecule has 1 aliphatic heterocycles. The van der Waals surface area contributed by atoms with E-state index in [2.05, 4.69) is 15.2 Å². The number of likely N-dealkylation sites (tertiary alicyclic amines) is 1. The fourth-order valence-electron chi connectivity index (χ4n) is 4.46. The summed E-state index contributed by atoms with van der Waals surface area (Å²) in [4.78, 5) is 19.7. The molecule has 1 amide bonds. The van der Waals surface area contributed by atoms with Crippen LogP contribution in [-0.2, 0) is 0 Å². The third kappa shape index (κ3) is 2.89. The van der Waals surface area contributed by atoms with Crippen molar-refractivity contribution in [3.63, 3.8) is 0 Å². The van der Waals surface area contributed by atoms with Crippen LogP contribution >= 0.6 is 0 Å². The van der Waals surface area contributed by atoms with Crippen LogP contribution in [0.15, 0.2) is 79.3 Å². The number of imidazole rings is 1. The highest BCUT2D eigenvalue weighted by atomic mass is 16.2. The van der Waals surface area contributed by atoms with Crippen LogP contribution in [0.4, 0.5) is 0 Å². The van der Waals surface area contributed by atoms with E-state index in [-0.39, 0.29) is 11.9 Å². The predicted molar refractivity (Wildman–Crippen MR) is 117 cm³/mol. The average molecular weight is 408 g/mol. The topological polar surface area (TPSA) is 68.3 Å². The summed E-state index contributed by atoms with van der Waals surface area (Å²) in [7, 11) is 0. The van der Waals surface area contributed by atoms with Crippen LogP contribution in [0.3, 0.4) is 0 Å². The van der Waals surface area contributed by atoms with E-state index in [1.54, 1.807) is 0 Å². The van der Waals surface area contributed by atoms with Gasteiger partial charge in [-0.2, -0.15) is 0 Å². The van der Waals surface area contributed by atoms with E-state index in [1.165, 1.54) is 0 Å². The van der Waals surface area contributed by atoms with Gasteiger partial charge in [0.05, 0.1) is 17.1 Å². The second-order valence-electron chi connectivity index (χ2n) is 7.79. The minimum absolute atomic E-state index is 0.0252. The molecule has 0 radical (unpaired) electrons. The SMILES string of the molecule is O=C(c1ccc(-n2cnc3ccccc32)cc1)N1CCCC1c1nnc2ccccn12. The Morgan fingerprint density at radius 2 is 1.77 bits per heavy atom. The zero-order chi connectivity index (χ0) is 20.8. The van der Waals surface area contributed by atoms with Gasteiger partial charge >= 0.3 is 0 Å². The van der Waals surface area contributed by atoms with E-state index in [9.17, 15) is 4.79 Å². The average Bonchev–Trinajstić information content (AvgIpc) is 3.56. The number of hydrogen-bond acceptors (Lipinski definition) is 4. The van der Waals surface area contributed by atoms with Gasteiger partial charge in [0.2, 0.25) is 0 Å². The summed E-state index contributed by atoms with van der Waals surface area (Å²) < 4.78 is 4.01. The molecule has 1 unspecified atom stereocenters. The third-order valence-corrected chi connectivity index (χ3v) is 6.00. The Morgan fingerprint density at radius 3 is 2.68 bits per heavy atom. The van der Waals surface area contributed by atoms with Crippen molar-refractivity contribution in [1.82, 2.24) is 29.0 Å². The van der Waals surface area contributed by atoms with Gasteiger partial charge in [-0.05, 0) is 61.4 Å². The van der Waals surface area contributed by atoms with Crippen molar-refractivity contribution in [3.8, 4) is 5.69 Å². The maximum absolute atomic E-state index is 13.3. The van der Waals surface area contributed by atoms with Crippen molar-refractivity contribution >= 4 is 22.6 Å². The van der Waals surface area contributed by atoms with E-state index in [0.717, 1.165) is 47.6 Å². The van der Waals surface area contributed by atoms with Gasteiger partial charge in [0.15, 0.2) is 11.5 Å². The van der Waals surface area contributed by atoms with E-state index in [1.807, 2.05) is 93.1 Å². The lowest BCUT2D eigenvalue weighted by atomic mass is 10.1. The molecule has 152 valence electrons. The highest BCUT2D eigenvalue weighted by Crippen LogP contribution is 2.32. The molecule has 3 aromatic heterocycles. The van der Waals surface area contributed by atoms with Crippen molar-refractivity contribution < 1.29 is 4.79 Å². The molecule has 5 aromatic rings. The minimum Gasteiger partial charge on any atom is -0.328 e. The van der Waals surface area contributed by atoms with Gasteiger partial charge in [-0.15, -0.1) is 10.2 Å². The number of rotatable bonds is 3. The van der Waals surface area contributed by atoms with Crippen molar-refractivity contribution in [2.24, 2.45) is 0 Å². The normalized spacial score (nSPS) is 16.4. The monoisotopic (exact) mass is 408 g/mol. The first-order valence-corrected chi connectivity index (χ1v) is 10.4. The Labute approximate surface area is 178 Å². The van der Waals surface area contributed by atoms with Crippen LogP contribution in [0.2, 0.25) is 0 Å². The van der Waals surface area contributed by atoms with E-state index < -0.39 is 0 Å². The second-order valence-corrected chi connectivity index (χ2v) is 7.79. The van der Waals surface area contributed by atoms with Crippen LogP contribution in [0.5, 0.6) is 0 Å². The molecule has 0 aliphatic carbocycles. The minimum atomic E-state index is -0.0674. The fourth-order valence-corrected chi connectivity index (χ4v) is 4.46. The summed E-state index contributed by atoms with van der Waals surface area (Å²) in [5.74, 6) is 0.847. The van der Waals surface area contributed by atoms with Crippen molar-refractivity contribution in [3.05, 3.63) is 90.6 Å². The van der Waals surface area contributed by atoms with Crippen molar-refractivity contribution in [1.29, 1.82) is 0 Å². The first-order chi connectivity index (χ1) is 15.3. The first-order valence-electron chi connectivity index (χ1n) is 10.4. The summed E-state index contributed by atoms with van der Waals surface area (Å²) in [6.45, 7) is 0.721. The molecule has 1 saturated heterocycles. The molecule has 4 heterocycles. The Morgan fingerprint density at radius 1 is 0.935 bits per heavy atom. The Balaban J connectivity index is 1.30. The highest BCUT2D eigenvalue weighted by Gasteiger charge is 2.33. The first kappa shape index (κ1) is 17.8. The molecular formula is C24H20N6O. The number of benzene rings is 2. The predicted octanol–water partition coefficient (Wildman–Crippen LogP) is 4.05. The number of amides is 1. The molecule has 1 fully saturated rings. The summed E-state index contributed by atoms with van der Waals surface area (Å²) in [6, 6.07) is 21.5. The molecule has 31 heavy (non-hydrogen) atoms. The fraction of sp³-hybridized carbons (Fsp3) is 0.167. The van der Waals surface area contributed by atoms with Crippen LogP contribution in [0.1, 0.15) is 35.1 Å². The number of aromatic nitrogens is 5. The molecule has 7 heteroatoms. The highest BCUT2D eigenvalue weighted by molar-refractivity contribution is 5.95. The molecule has 6 rings (SSSR count). The number of carbonyl (C=O) groups excluding carboxylic acids is 1. The number of hydrogen-bond donors (Lipinski definition) is 0. The van der Waals surface area contributed by atoms with Gasteiger partial charge in [0, 0.05) is 24.0 Å². The van der Waals surface area contributed by atoms with Gasteiger partial charge in [-0.3, -0.25) is 13.8 Å². The summed E-state index contributed by atoms with van der Waals surface area (Å²) in [5.41, 5.74) is 4.44. The molecule has 0 bridgehead atoms. The molecule has 1 aliphatic rings. The van der Waals surface area contributed by atoms with Gasteiger partial charge < -0.3 is 4.90 Å². The maximum atomic E-state index is 13.3. The largest absolute Gasteiger partial charge is 0.328 e. The Kier molecular flexibility index (Phi) is 4.06. The van der Waals surface area contributed by atoms with E-state index >= 15 is 0 Å². The molecule has 0 spiro atoms. The zero-order valence-electron chi connectivity index (χ0n) is 16.8. The van der Waals surface area contributed by atoms with Crippen molar-refractivity contribution in [2.75, 3.05) is 6.54 Å². The van der Waals surface area contributed by atoms with Gasteiger partial charge in [0.1, 0.15) is 6.33 Å². The third-order valence-electron chi connectivity index (χ3n) is 6.00. The molecule has 7 nitrogen and oxygen atoms in total. The number of nitrogens with zero attached hydrogens (tertiary/aromatic N) is 6. The Bertz CT molecular complexity index is 1400. The van der Waals surface area contributed by atoms with Crippen LogP contribution in [-0.4, -0.2) is 41.5 Å². The molecule has 0 saturated carbocycles. The van der Waals surface area contributed by atoms with Crippen LogP contribution < -0.4 is 0 Å². The summed E-state index contributed by atoms with van der Waals surface area (Å²) in [6.07, 6.45) is 5.61. The number of carbonyl (C=O) groups is 1. The lowest BCUT2D eigenvalue weighted by molar-refractivity contribution is 0.0729. The molecule has 1 atom stereocenters. The number of pyridine rings is 1. The molecule has 2 aromatic carbocycles. The smallest absolute Gasteiger partial charge is 0.254 e. The standard InChI is InChI=1S/C24H20N6O/c31-24(28-15-5-8-21(28)23-27-26-22-9-3-4-14-29(22)23)17-10-12-18(13-11-17)30-16-25-19-6-1-2-7-20(19)30/h1-4,6-7,9-14,16,21H,5,8,15H2. The zero-order valence-corrected chi connectivity index (χ0v) is 16.8. The molecular weight excluding hydrogens is 388 g/mol. The summed E-state index contributed by atoms with van der Waals surface area (Å²) >= 11 is 0. The lowest BCUT2D eigenvalue weighted by Gasteiger charge is -2.23. The van der Waals surface area contributed by atoms with Gasteiger partial charge in [-0.1, -0.05) is 18.2 Å². The lowest BCUT2D eigenvalue weighted by Crippen LogP contribution is -2.31. The van der Waals surface area contributed by atoms with E-state index in [0.29, 0.717) is 5.56 Å². The summed E-state index contributed by atoms with van der Waals surface area (Å²) in [5, 5.41) is 8.65.